The van der Waals surface area contributed by atoms with Crippen LogP contribution in [-0.4, -0.2) is 70.7 Å². The molecule has 140 valence electrons. The Morgan fingerprint density at radius 3 is 2.96 bits per heavy atom. The minimum absolute atomic E-state index is 0. The molecule has 0 spiro atoms. The van der Waals surface area contributed by atoms with Crippen LogP contribution < -0.4 is 10.1 Å². The van der Waals surface area contributed by atoms with E-state index in [-0.39, 0.29) is 36.4 Å². The first-order chi connectivity index (χ1) is 11.2. The largest absolute Gasteiger partial charge is 0.490 e. The molecule has 3 heterocycles. The molecule has 3 rings (SSSR count). The summed E-state index contributed by atoms with van der Waals surface area (Å²) < 4.78 is 5.84. The Balaban J connectivity index is 0.00000156. The molecule has 0 amide bonds. The van der Waals surface area contributed by atoms with E-state index in [9.17, 15) is 9.90 Å². The maximum atomic E-state index is 11.2. The molecule has 2 aliphatic heterocycles. The Morgan fingerprint density at radius 1 is 1.52 bits per heavy atom. The summed E-state index contributed by atoms with van der Waals surface area (Å²) in [5, 5.41) is 14.3. The van der Waals surface area contributed by atoms with Crippen LogP contribution in [0, 0.1) is 0 Å². The van der Waals surface area contributed by atoms with Gasteiger partial charge in [-0.2, -0.15) is 0 Å². The number of hydrogen-bond acceptors (Lipinski definition) is 7. The van der Waals surface area contributed by atoms with Gasteiger partial charge in [-0.3, -0.25) is 9.88 Å². The highest BCUT2D eigenvalue weighted by molar-refractivity contribution is 8.02. The van der Waals surface area contributed by atoms with Crippen molar-refractivity contribution < 1.29 is 14.6 Å². The van der Waals surface area contributed by atoms with Gasteiger partial charge >= 0.3 is 5.97 Å². The van der Waals surface area contributed by atoms with Crippen molar-refractivity contribution in [2.45, 2.75) is 11.5 Å². The van der Waals surface area contributed by atoms with E-state index in [1.165, 1.54) is 11.8 Å². The van der Waals surface area contributed by atoms with Gasteiger partial charge in [0.05, 0.1) is 12.2 Å². The lowest BCUT2D eigenvalue weighted by Gasteiger charge is -2.42. The lowest BCUT2D eigenvalue weighted by atomic mass is 10.2. The van der Waals surface area contributed by atoms with E-state index in [1.54, 1.807) is 17.8 Å². The zero-order valence-electron chi connectivity index (χ0n) is 13.7. The van der Waals surface area contributed by atoms with Gasteiger partial charge in [-0.25, -0.2) is 4.79 Å². The van der Waals surface area contributed by atoms with Crippen molar-refractivity contribution >= 4 is 42.5 Å². The summed E-state index contributed by atoms with van der Waals surface area (Å²) in [6, 6.07) is 3.90. The van der Waals surface area contributed by atoms with Gasteiger partial charge < -0.3 is 20.1 Å². The van der Waals surface area contributed by atoms with Crippen LogP contribution in [0.5, 0.6) is 5.75 Å². The Bertz CT molecular complexity index is 593. The van der Waals surface area contributed by atoms with Gasteiger partial charge in [-0.15, -0.1) is 24.8 Å². The van der Waals surface area contributed by atoms with Gasteiger partial charge in [0.15, 0.2) is 0 Å². The minimum Gasteiger partial charge on any atom is -0.490 e. The molecule has 0 aromatic carbocycles. The SMILES string of the molecule is CN1C(C(=O)O)=CSC1N1CCNCC1COc1cccnc1.Cl.Cl. The number of hydrogen-bond donors (Lipinski definition) is 2. The number of thioether (sulfide) groups is 1. The second-order valence-corrected chi connectivity index (χ2v) is 6.41. The van der Waals surface area contributed by atoms with E-state index in [0.717, 1.165) is 25.4 Å². The minimum atomic E-state index is -0.888. The van der Waals surface area contributed by atoms with Crippen molar-refractivity contribution in [2.24, 2.45) is 0 Å². The van der Waals surface area contributed by atoms with E-state index in [2.05, 4.69) is 15.2 Å². The van der Waals surface area contributed by atoms with Crippen LogP contribution in [0.25, 0.3) is 0 Å². The van der Waals surface area contributed by atoms with Gasteiger partial charge in [0.2, 0.25) is 0 Å². The smallest absolute Gasteiger partial charge is 0.352 e. The van der Waals surface area contributed by atoms with Crippen LogP contribution in [0.15, 0.2) is 35.6 Å². The second-order valence-electron chi connectivity index (χ2n) is 5.48. The monoisotopic (exact) mass is 408 g/mol. The number of carboxylic acids is 1. The number of carboxylic acid groups (broad SMARTS) is 1. The van der Waals surface area contributed by atoms with E-state index in [1.807, 2.05) is 24.1 Å². The van der Waals surface area contributed by atoms with Crippen molar-refractivity contribution in [2.75, 3.05) is 33.3 Å². The average Bonchev–Trinajstić information content (AvgIpc) is 2.96. The molecule has 2 aliphatic rings. The molecule has 0 aliphatic carbocycles. The summed E-state index contributed by atoms with van der Waals surface area (Å²) in [4.78, 5) is 19.4. The highest BCUT2D eigenvalue weighted by Gasteiger charge is 2.37. The molecule has 2 N–H and O–H groups in total. The molecular weight excluding hydrogens is 387 g/mol. The van der Waals surface area contributed by atoms with Crippen molar-refractivity contribution in [1.82, 2.24) is 20.1 Å². The number of rotatable bonds is 5. The van der Waals surface area contributed by atoms with Gasteiger partial charge in [0.25, 0.3) is 0 Å². The molecule has 25 heavy (non-hydrogen) atoms. The Kier molecular flexibility index (Phi) is 8.81. The van der Waals surface area contributed by atoms with E-state index < -0.39 is 5.97 Å². The molecule has 1 aromatic rings. The standard InChI is InChI=1S/C15H20N4O3S.2ClH/c1-18-13(14(20)21)10-23-15(18)19-6-5-17-7-11(19)9-22-12-3-2-4-16-8-12;;/h2-4,8,10-11,15,17H,5-7,9H2,1H3,(H,20,21);2*1H. The third kappa shape index (κ3) is 5.15. The number of nitrogens with zero attached hydrogens (tertiary/aromatic N) is 3. The fourth-order valence-electron chi connectivity index (χ4n) is 2.77. The molecule has 0 saturated carbocycles. The number of aromatic nitrogens is 1. The van der Waals surface area contributed by atoms with Crippen LogP contribution in [-0.2, 0) is 4.79 Å². The zero-order valence-corrected chi connectivity index (χ0v) is 16.1. The Morgan fingerprint density at radius 2 is 2.32 bits per heavy atom. The maximum Gasteiger partial charge on any atom is 0.352 e. The van der Waals surface area contributed by atoms with Crippen LogP contribution in [0.2, 0.25) is 0 Å². The number of halogens is 2. The van der Waals surface area contributed by atoms with Gasteiger partial charge in [0, 0.05) is 38.3 Å². The predicted octanol–water partition coefficient (Wildman–Crippen LogP) is 1.47. The number of ether oxygens (including phenoxy) is 1. The molecule has 2 unspecified atom stereocenters. The highest BCUT2D eigenvalue weighted by atomic mass is 35.5. The van der Waals surface area contributed by atoms with Crippen LogP contribution in [0.1, 0.15) is 0 Å². The van der Waals surface area contributed by atoms with E-state index in [0.29, 0.717) is 12.3 Å². The molecule has 1 aromatic heterocycles. The van der Waals surface area contributed by atoms with Crippen LogP contribution in [0.3, 0.4) is 0 Å². The fraction of sp³-hybridized carbons (Fsp3) is 0.467. The summed E-state index contributed by atoms with van der Waals surface area (Å²) in [5.41, 5.74) is 0.330. The highest BCUT2D eigenvalue weighted by Crippen LogP contribution is 2.33. The Hall–Kier alpha value is -1.19. The lowest BCUT2D eigenvalue weighted by molar-refractivity contribution is -0.134. The quantitative estimate of drug-likeness (QED) is 0.757. The van der Waals surface area contributed by atoms with Gasteiger partial charge in [-0.05, 0) is 12.1 Å². The number of carbonyl (C=O) groups is 1. The third-order valence-electron chi connectivity index (χ3n) is 3.99. The topological polar surface area (TPSA) is 77.9 Å². The molecular formula is C15H22Cl2N4O3S. The first-order valence-corrected chi connectivity index (χ1v) is 8.42. The van der Waals surface area contributed by atoms with Crippen molar-refractivity contribution in [1.29, 1.82) is 0 Å². The lowest BCUT2D eigenvalue weighted by Crippen LogP contribution is -2.59. The Labute approximate surface area is 163 Å². The third-order valence-corrected chi connectivity index (χ3v) is 5.18. The fourth-order valence-corrected chi connectivity index (χ4v) is 4.02. The van der Waals surface area contributed by atoms with E-state index >= 15 is 0 Å². The number of piperazine rings is 1. The van der Waals surface area contributed by atoms with Gasteiger partial charge in [0.1, 0.15) is 23.6 Å². The molecule has 10 heteroatoms. The predicted molar refractivity (Wildman–Crippen MR) is 102 cm³/mol. The molecule has 7 nitrogen and oxygen atoms in total. The summed E-state index contributed by atoms with van der Waals surface area (Å²) in [7, 11) is 1.83. The average molecular weight is 409 g/mol. The summed E-state index contributed by atoms with van der Waals surface area (Å²) in [6.07, 6.45) is 3.41. The zero-order chi connectivity index (χ0) is 16.2. The van der Waals surface area contributed by atoms with Crippen molar-refractivity contribution in [3.05, 3.63) is 35.6 Å². The van der Waals surface area contributed by atoms with Crippen molar-refractivity contribution in [3.63, 3.8) is 0 Å². The van der Waals surface area contributed by atoms with Gasteiger partial charge in [-0.1, -0.05) is 11.8 Å². The first-order valence-electron chi connectivity index (χ1n) is 7.48. The summed E-state index contributed by atoms with van der Waals surface area (Å²) >= 11 is 1.53. The number of aliphatic carboxylic acids is 1. The number of pyridine rings is 1. The van der Waals surface area contributed by atoms with Crippen LogP contribution in [0.4, 0.5) is 0 Å². The van der Waals surface area contributed by atoms with Crippen LogP contribution >= 0.6 is 36.6 Å². The summed E-state index contributed by atoms with van der Waals surface area (Å²) in [5.74, 6) is -0.143. The van der Waals surface area contributed by atoms with E-state index in [4.69, 9.17) is 4.74 Å². The number of nitrogens with one attached hydrogen (secondary N) is 1. The molecule has 1 fully saturated rings. The maximum absolute atomic E-state index is 11.2. The molecule has 2 atom stereocenters. The molecule has 0 radical (unpaired) electrons. The number of likely N-dealkylation sites (N-methyl/N-ethyl adjacent to an activating group) is 1. The second kappa shape index (κ2) is 10.1. The normalized spacial score (nSPS) is 23.2. The summed E-state index contributed by atoms with van der Waals surface area (Å²) in [6.45, 7) is 3.08. The first kappa shape index (κ1) is 21.9. The van der Waals surface area contributed by atoms with Crippen molar-refractivity contribution in [3.8, 4) is 5.75 Å². The molecule has 0 bridgehead atoms. The molecule has 1 saturated heterocycles.